The molecule has 0 bridgehead atoms. The molecular formula is C29H46N2. The predicted octanol–water partition coefficient (Wildman–Crippen LogP) is 8.55. The third-order valence-electron chi connectivity index (χ3n) is 5.88. The van der Waals surface area contributed by atoms with E-state index in [1.807, 2.05) is 0 Å². The van der Waals surface area contributed by atoms with Crippen molar-refractivity contribution in [1.82, 2.24) is 0 Å². The number of rotatable bonds is 10. The van der Waals surface area contributed by atoms with Gasteiger partial charge in [-0.1, -0.05) is 78.7 Å². The minimum absolute atomic E-state index is 0.210. The van der Waals surface area contributed by atoms with E-state index >= 15 is 0 Å². The second-order valence-electron chi connectivity index (χ2n) is 11.5. The van der Waals surface area contributed by atoms with Crippen LogP contribution in [0, 0.1) is 17.3 Å². The summed E-state index contributed by atoms with van der Waals surface area (Å²) >= 11 is 0. The van der Waals surface area contributed by atoms with Crippen LogP contribution in [0.1, 0.15) is 86.6 Å². The Balaban J connectivity index is 2.39. The van der Waals surface area contributed by atoms with E-state index in [0.29, 0.717) is 17.8 Å². The summed E-state index contributed by atoms with van der Waals surface area (Å²) in [5.41, 5.74) is 8.17. The molecule has 1 N–H and O–H groups in total. The highest BCUT2D eigenvalue weighted by atomic mass is 15.1. The van der Waals surface area contributed by atoms with Gasteiger partial charge in [-0.15, -0.1) is 6.58 Å². The van der Waals surface area contributed by atoms with E-state index in [2.05, 4.69) is 109 Å². The molecule has 0 amide bonds. The molecule has 1 aromatic rings. The first-order valence-electron chi connectivity index (χ1n) is 12.1. The molecule has 2 rings (SSSR count). The molecule has 0 spiro atoms. The monoisotopic (exact) mass is 422 g/mol. The highest BCUT2D eigenvalue weighted by molar-refractivity contribution is 5.73. The van der Waals surface area contributed by atoms with Crippen LogP contribution in [0.25, 0.3) is 0 Å². The van der Waals surface area contributed by atoms with Gasteiger partial charge in [-0.25, -0.2) is 0 Å². The molecule has 2 nitrogen and oxygen atoms in total. The summed E-state index contributed by atoms with van der Waals surface area (Å²) in [5.74, 6) is 1.71. The molecule has 1 aliphatic carbocycles. The summed E-state index contributed by atoms with van der Waals surface area (Å²) in [4.78, 5) is 2.57. The van der Waals surface area contributed by atoms with E-state index in [9.17, 15) is 0 Å². The maximum atomic E-state index is 4.13. The number of allylic oxidation sites excluding steroid dienone is 4. The van der Waals surface area contributed by atoms with Crippen LogP contribution in [0.2, 0.25) is 0 Å². The van der Waals surface area contributed by atoms with E-state index in [0.717, 1.165) is 25.9 Å². The maximum absolute atomic E-state index is 4.13. The number of hydrogen-bond acceptors (Lipinski definition) is 2. The highest BCUT2D eigenvalue weighted by Gasteiger charge is 2.22. The predicted molar refractivity (Wildman–Crippen MR) is 140 cm³/mol. The Morgan fingerprint density at radius 3 is 2.13 bits per heavy atom. The number of nitrogens with one attached hydrogen (secondary N) is 1. The molecule has 0 saturated heterocycles. The third-order valence-corrected chi connectivity index (χ3v) is 5.88. The molecule has 2 heteroatoms. The van der Waals surface area contributed by atoms with Gasteiger partial charge >= 0.3 is 0 Å². The van der Waals surface area contributed by atoms with Crippen LogP contribution < -0.4 is 10.2 Å². The summed E-state index contributed by atoms with van der Waals surface area (Å²) in [6, 6.07) is 7.04. The summed E-state index contributed by atoms with van der Waals surface area (Å²) in [5, 5.41) is 3.83. The average Bonchev–Trinajstić information content (AvgIpc) is 3.08. The zero-order valence-corrected chi connectivity index (χ0v) is 21.6. The van der Waals surface area contributed by atoms with Gasteiger partial charge in [0.2, 0.25) is 0 Å². The van der Waals surface area contributed by atoms with E-state index in [4.69, 9.17) is 0 Å². The van der Waals surface area contributed by atoms with Crippen molar-refractivity contribution in [3.8, 4) is 0 Å². The van der Waals surface area contributed by atoms with E-state index in [1.165, 1.54) is 33.8 Å². The Kier molecular flexibility index (Phi) is 8.63. The fraction of sp³-hybridized carbons (Fsp3) is 0.586. The molecule has 1 aliphatic rings. The van der Waals surface area contributed by atoms with E-state index in [1.54, 1.807) is 0 Å². The molecule has 1 aromatic carbocycles. The lowest BCUT2D eigenvalue weighted by atomic mass is 9.85. The zero-order chi connectivity index (χ0) is 23.3. The lowest BCUT2D eigenvalue weighted by Gasteiger charge is -2.31. The minimum Gasteiger partial charge on any atom is -0.369 e. The standard InChI is InChI=1S/C29H46N2/c1-20(2)15-23(7)24-11-14-28(31(18-21(3)4)19-22(5)6)27(16-24)30-26-13-12-25(17-26)29(8,9)10/h11-14,16,21-23,30H,1,15,17-19H2,2-10H3/t23-/m1/s1. The molecule has 0 radical (unpaired) electrons. The molecule has 31 heavy (non-hydrogen) atoms. The van der Waals surface area contributed by atoms with Crippen molar-refractivity contribution in [3.63, 3.8) is 0 Å². The first-order valence-corrected chi connectivity index (χ1v) is 12.1. The van der Waals surface area contributed by atoms with Gasteiger partial charge in [-0.2, -0.15) is 0 Å². The van der Waals surface area contributed by atoms with Gasteiger partial charge < -0.3 is 10.2 Å². The summed E-state index contributed by atoms with van der Waals surface area (Å²) in [7, 11) is 0. The smallest absolute Gasteiger partial charge is 0.0622 e. The van der Waals surface area contributed by atoms with Gasteiger partial charge in [0.1, 0.15) is 0 Å². The first-order chi connectivity index (χ1) is 14.4. The van der Waals surface area contributed by atoms with Crippen LogP contribution in [0.5, 0.6) is 0 Å². The fourth-order valence-corrected chi connectivity index (χ4v) is 4.33. The topological polar surface area (TPSA) is 15.3 Å². The van der Waals surface area contributed by atoms with Crippen molar-refractivity contribution in [2.75, 3.05) is 23.3 Å². The number of nitrogens with zero attached hydrogens (tertiary/aromatic N) is 1. The van der Waals surface area contributed by atoms with E-state index in [-0.39, 0.29) is 5.41 Å². The molecule has 0 aliphatic heterocycles. The summed E-state index contributed by atoms with van der Waals surface area (Å²) in [6.07, 6.45) is 6.60. The third kappa shape index (κ3) is 7.59. The first kappa shape index (κ1) is 25.3. The second-order valence-corrected chi connectivity index (χ2v) is 11.5. The molecule has 0 aromatic heterocycles. The van der Waals surface area contributed by atoms with Gasteiger partial charge in [-0.05, 0) is 60.3 Å². The van der Waals surface area contributed by atoms with Crippen molar-refractivity contribution in [2.24, 2.45) is 17.3 Å². The number of anilines is 2. The van der Waals surface area contributed by atoms with Gasteiger partial charge in [-0.3, -0.25) is 0 Å². The second kappa shape index (κ2) is 10.6. The number of benzene rings is 1. The van der Waals surface area contributed by atoms with Crippen molar-refractivity contribution >= 4 is 11.4 Å². The largest absolute Gasteiger partial charge is 0.369 e. The van der Waals surface area contributed by atoms with Gasteiger partial charge in [0.15, 0.2) is 0 Å². The molecule has 0 heterocycles. The Bertz CT molecular complexity index is 808. The van der Waals surface area contributed by atoms with Crippen molar-refractivity contribution in [2.45, 2.75) is 81.1 Å². The molecule has 0 unspecified atom stereocenters. The highest BCUT2D eigenvalue weighted by Crippen LogP contribution is 2.38. The van der Waals surface area contributed by atoms with Crippen LogP contribution in [-0.4, -0.2) is 13.1 Å². The summed E-state index contributed by atoms with van der Waals surface area (Å²) < 4.78 is 0. The molecule has 0 fully saturated rings. The van der Waals surface area contributed by atoms with Crippen molar-refractivity contribution in [1.29, 1.82) is 0 Å². The van der Waals surface area contributed by atoms with Crippen LogP contribution in [0.3, 0.4) is 0 Å². The average molecular weight is 423 g/mol. The van der Waals surface area contributed by atoms with Crippen LogP contribution in [-0.2, 0) is 0 Å². The number of hydrogen-bond donors (Lipinski definition) is 1. The van der Waals surface area contributed by atoms with E-state index < -0.39 is 0 Å². The van der Waals surface area contributed by atoms with Crippen molar-refractivity contribution in [3.05, 3.63) is 59.3 Å². The van der Waals surface area contributed by atoms with Crippen LogP contribution in [0.4, 0.5) is 11.4 Å². The normalized spacial score (nSPS) is 15.2. The zero-order valence-electron chi connectivity index (χ0n) is 21.6. The van der Waals surface area contributed by atoms with Crippen LogP contribution in [0.15, 0.2) is 53.8 Å². The lowest BCUT2D eigenvalue weighted by Crippen LogP contribution is -2.32. The minimum atomic E-state index is 0.210. The van der Waals surface area contributed by atoms with Gasteiger partial charge in [0.25, 0.3) is 0 Å². The molecular weight excluding hydrogens is 376 g/mol. The Morgan fingerprint density at radius 1 is 1.03 bits per heavy atom. The van der Waals surface area contributed by atoms with Crippen molar-refractivity contribution < 1.29 is 0 Å². The van der Waals surface area contributed by atoms with Gasteiger partial charge in [0.05, 0.1) is 11.4 Å². The van der Waals surface area contributed by atoms with Gasteiger partial charge in [0, 0.05) is 25.2 Å². The molecule has 0 saturated carbocycles. The Labute approximate surface area is 192 Å². The fourth-order valence-electron chi connectivity index (χ4n) is 4.33. The quantitative estimate of drug-likeness (QED) is 0.380. The molecule has 1 atom stereocenters. The SMILES string of the molecule is C=C(C)C[C@@H](C)c1ccc(N(CC(C)C)CC(C)C)c(NC2=CC=C(C(C)(C)C)C2)c1. The lowest BCUT2D eigenvalue weighted by molar-refractivity contribution is 0.494. The maximum Gasteiger partial charge on any atom is 0.0622 e. The summed E-state index contributed by atoms with van der Waals surface area (Å²) in [6.45, 7) is 26.8. The van der Waals surface area contributed by atoms with Crippen LogP contribution >= 0.6 is 0 Å². The Morgan fingerprint density at radius 2 is 1.65 bits per heavy atom. The Hall–Kier alpha value is -1.96. The molecule has 172 valence electrons.